The largest absolute Gasteiger partial charge is 0.342 e. The fourth-order valence-corrected chi connectivity index (χ4v) is 1.75. The van der Waals surface area contributed by atoms with Crippen LogP contribution in [0.1, 0.15) is 11.4 Å². The molecule has 5 heteroatoms. The Bertz CT molecular complexity index is 507. The van der Waals surface area contributed by atoms with Gasteiger partial charge in [0.2, 0.25) is 0 Å². The minimum Gasteiger partial charge on any atom is -0.342 e. The molecular formula is C13H16N4O. The van der Waals surface area contributed by atoms with Crippen molar-refractivity contribution in [3.05, 3.63) is 35.9 Å². The molecule has 0 radical (unpaired) electrons. The molecule has 94 valence electrons. The van der Waals surface area contributed by atoms with Gasteiger partial charge < -0.3 is 15.1 Å². The molecule has 2 aromatic rings. The number of rotatable bonds is 6. The van der Waals surface area contributed by atoms with Gasteiger partial charge in [-0.25, -0.2) is 4.98 Å². The molecule has 0 spiro atoms. The molecule has 2 heterocycles. The molecule has 0 aliphatic heterocycles. The molecule has 0 unspecified atom stereocenters. The molecular weight excluding hydrogens is 228 g/mol. The number of aromatic nitrogens is 3. The number of H-pyrrole nitrogens is 1. The summed E-state index contributed by atoms with van der Waals surface area (Å²) in [6, 6.07) is 3.85. The number of aromatic amines is 1. The van der Waals surface area contributed by atoms with E-state index in [1.807, 2.05) is 19.1 Å². The van der Waals surface area contributed by atoms with Gasteiger partial charge in [-0.2, -0.15) is 0 Å². The maximum atomic E-state index is 10.2. The third-order valence-electron chi connectivity index (χ3n) is 2.71. The second-order valence-corrected chi connectivity index (χ2v) is 4.01. The molecule has 2 N–H and O–H groups in total. The summed E-state index contributed by atoms with van der Waals surface area (Å²) < 4.78 is 0. The molecule has 0 saturated carbocycles. The first kappa shape index (κ1) is 12.4. The van der Waals surface area contributed by atoms with Crippen molar-refractivity contribution in [1.29, 1.82) is 0 Å². The van der Waals surface area contributed by atoms with Gasteiger partial charge in [0.1, 0.15) is 12.1 Å². The van der Waals surface area contributed by atoms with Crippen molar-refractivity contribution in [2.75, 3.05) is 13.1 Å². The number of nitrogens with zero attached hydrogens (tertiary/aromatic N) is 2. The van der Waals surface area contributed by atoms with Crippen LogP contribution in [-0.4, -0.2) is 34.3 Å². The van der Waals surface area contributed by atoms with E-state index in [9.17, 15) is 4.79 Å². The summed E-state index contributed by atoms with van der Waals surface area (Å²) in [5.41, 5.74) is 3.12. The Labute approximate surface area is 106 Å². The Morgan fingerprint density at radius 2 is 2.17 bits per heavy atom. The van der Waals surface area contributed by atoms with E-state index in [-0.39, 0.29) is 0 Å². The fraction of sp³-hybridized carbons (Fsp3) is 0.308. The van der Waals surface area contributed by atoms with Gasteiger partial charge in [0.05, 0.1) is 12.2 Å². The number of nitrogens with one attached hydrogen (secondary N) is 2. The van der Waals surface area contributed by atoms with Crippen LogP contribution in [0.2, 0.25) is 0 Å². The van der Waals surface area contributed by atoms with Gasteiger partial charge in [0.15, 0.2) is 0 Å². The molecule has 0 aliphatic rings. The monoisotopic (exact) mass is 244 g/mol. The lowest BCUT2D eigenvalue weighted by atomic mass is 10.2. The van der Waals surface area contributed by atoms with Gasteiger partial charge in [0, 0.05) is 36.6 Å². The van der Waals surface area contributed by atoms with Crippen LogP contribution < -0.4 is 5.32 Å². The molecule has 0 aromatic carbocycles. The van der Waals surface area contributed by atoms with Gasteiger partial charge in [0.25, 0.3) is 0 Å². The highest BCUT2D eigenvalue weighted by Gasteiger charge is 2.07. The zero-order chi connectivity index (χ0) is 12.8. The molecule has 0 bridgehead atoms. The Hall–Kier alpha value is -2.01. The van der Waals surface area contributed by atoms with Crippen LogP contribution in [-0.2, 0) is 11.2 Å². The van der Waals surface area contributed by atoms with Crippen LogP contribution in [0, 0.1) is 6.92 Å². The van der Waals surface area contributed by atoms with Crippen molar-refractivity contribution in [1.82, 2.24) is 20.3 Å². The number of carbonyl (C=O) groups excluding carboxylic acids is 1. The smallest absolute Gasteiger partial charge is 0.137 e. The van der Waals surface area contributed by atoms with E-state index >= 15 is 0 Å². The van der Waals surface area contributed by atoms with Gasteiger partial charge in [-0.1, -0.05) is 0 Å². The summed E-state index contributed by atoms with van der Waals surface area (Å²) in [5, 5.41) is 3.03. The van der Waals surface area contributed by atoms with Crippen LogP contribution in [0.15, 0.2) is 24.5 Å². The zero-order valence-corrected chi connectivity index (χ0v) is 10.3. The van der Waals surface area contributed by atoms with Gasteiger partial charge >= 0.3 is 0 Å². The number of aldehydes is 1. The van der Waals surface area contributed by atoms with Crippen molar-refractivity contribution in [3.8, 4) is 11.4 Å². The average Bonchev–Trinajstić information content (AvgIpc) is 2.77. The first-order chi connectivity index (χ1) is 8.81. The van der Waals surface area contributed by atoms with Crippen LogP contribution >= 0.6 is 0 Å². The number of imidazole rings is 1. The number of hydrogen-bond acceptors (Lipinski definition) is 4. The summed E-state index contributed by atoms with van der Waals surface area (Å²) in [7, 11) is 0. The third kappa shape index (κ3) is 3.01. The third-order valence-corrected chi connectivity index (χ3v) is 2.71. The minimum atomic E-state index is 0.390. The van der Waals surface area contributed by atoms with Crippen molar-refractivity contribution in [2.45, 2.75) is 13.3 Å². The zero-order valence-electron chi connectivity index (χ0n) is 10.3. The topological polar surface area (TPSA) is 70.7 Å². The predicted octanol–water partition coefficient (Wildman–Crippen LogP) is 1.11. The van der Waals surface area contributed by atoms with E-state index in [0.717, 1.165) is 42.0 Å². The van der Waals surface area contributed by atoms with Gasteiger partial charge in [-0.3, -0.25) is 4.98 Å². The van der Waals surface area contributed by atoms with Crippen molar-refractivity contribution < 1.29 is 4.79 Å². The van der Waals surface area contributed by atoms with Crippen molar-refractivity contribution in [2.24, 2.45) is 0 Å². The summed E-state index contributed by atoms with van der Waals surface area (Å²) in [6.07, 6.45) is 5.16. The lowest BCUT2D eigenvalue weighted by Crippen LogP contribution is -2.19. The fourth-order valence-electron chi connectivity index (χ4n) is 1.75. The number of carbonyl (C=O) groups is 1. The Morgan fingerprint density at radius 1 is 1.39 bits per heavy atom. The standard InChI is InChI=1S/C13H16N4O/c1-10-12(4-7-15-8-9-18)17-13(16-10)11-2-5-14-6-3-11/h2-3,5-6,9,15H,4,7-8H2,1H3,(H,16,17). The van der Waals surface area contributed by atoms with Crippen LogP contribution in [0.25, 0.3) is 11.4 Å². The number of pyridine rings is 1. The summed E-state index contributed by atoms with van der Waals surface area (Å²) in [5.74, 6) is 0.861. The molecule has 2 aromatic heterocycles. The van der Waals surface area contributed by atoms with Gasteiger partial charge in [-0.15, -0.1) is 0 Å². The quantitative estimate of drug-likeness (QED) is 0.590. The maximum absolute atomic E-state index is 10.2. The molecule has 2 rings (SSSR count). The molecule has 0 aliphatic carbocycles. The highest BCUT2D eigenvalue weighted by Crippen LogP contribution is 2.16. The Kier molecular flexibility index (Phi) is 4.20. The number of hydrogen-bond donors (Lipinski definition) is 2. The molecule has 0 fully saturated rings. The average molecular weight is 244 g/mol. The lowest BCUT2D eigenvalue weighted by Gasteiger charge is -1.98. The van der Waals surface area contributed by atoms with E-state index < -0.39 is 0 Å². The van der Waals surface area contributed by atoms with E-state index in [2.05, 4.69) is 20.3 Å². The number of aryl methyl sites for hydroxylation is 1. The van der Waals surface area contributed by atoms with Crippen LogP contribution in [0.3, 0.4) is 0 Å². The van der Waals surface area contributed by atoms with Crippen molar-refractivity contribution >= 4 is 6.29 Å². The van der Waals surface area contributed by atoms with Gasteiger partial charge in [-0.05, 0) is 19.1 Å². The summed E-state index contributed by atoms with van der Waals surface area (Å²) in [6.45, 7) is 3.15. The highest BCUT2D eigenvalue weighted by molar-refractivity contribution is 5.54. The predicted molar refractivity (Wildman–Crippen MR) is 69.2 cm³/mol. The molecule has 18 heavy (non-hydrogen) atoms. The first-order valence-electron chi connectivity index (χ1n) is 5.91. The molecule has 0 atom stereocenters. The molecule has 5 nitrogen and oxygen atoms in total. The van der Waals surface area contributed by atoms with E-state index in [1.165, 1.54) is 0 Å². The Balaban J connectivity index is 2.05. The first-order valence-corrected chi connectivity index (χ1v) is 5.91. The molecule has 0 saturated heterocycles. The second kappa shape index (κ2) is 6.07. The van der Waals surface area contributed by atoms with E-state index in [4.69, 9.17) is 0 Å². The summed E-state index contributed by atoms with van der Waals surface area (Å²) >= 11 is 0. The highest BCUT2D eigenvalue weighted by atomic mass is 16.1. The van der Waals surface area contributed by atoms with E-state index in [1.54, 1.807) is 12.4 Å². The molecule has 0 amide bonds. The van der Waals surface area contributed by atoms with Crippen molar-refractivity contribution in [3.63, 3.8) is 0 Å². The normalized spacial score (nSPS) is 10.5. The lowest BCUT2D eigenvalue weighted by molar-refractivity contribution is -0.107. The van der Waals surface area contributed by atoms with E-state index in [0.29, 0.717) is 6.54 Å². The Morgan fingerprint density at radius 3 is 2.89 bits per heavy atom. The van der Waals surface area contributed by atoms with Crippen LogP contribution in [0.4, 0.5) is 0 Å². The van der Waals surface area contributed by atoms with Crippen LogP contribution in [0.5, 0.6) is 0 Å². The minimum absolute atomic E-state index is 0.390. The second-order valence-electron chi connectivity index (χ2n) is 4.01. The summed E-state index contributed by atoms with van der Waals surface area (Å²) in [4.78, 5) is 22.0. The SMILES string of the molecule is Cc1[nH]c(-c2ccncc2)nc1CCNCC=O. The maximum Gasteiger partial charge on any atom is 0.137 e.